The van der Waals surface area contributed by atoms with Crippen LogP contribution in [-0.4, -0.2) is 11.7 Å². The van der Waals surface area contributed by atoms with E-state index >= 15 is 0 Å². The van der Waals surface area contributed by atoms with Crippen LogP contribution in [0, 0.1) is 23.2 Å². The number of hydrogen-bond donors (Lipinski definition) is 1. The van der Waals surface area contributed by atoms with Crippen molar-refractivity contribution in [3.63, 3.8) is 0 Å². The Morgan fingerprint density at radius 3 is 2.92 bits per heavy atom. The van der Waals surface area contributed by atoms with Gasteiger partial charge in [-0.3, -0.25) is 0 Å². The molecular formula is C12H20O. The van der Waals surface area contributed by atoms with Crippen LogP contribution >= 0.6 is 0 Å². The van der Waals surface area contributed by atoms with Crippen LogP contribution in [0.2, 0.25) is 0 Å². The van der Waals surface area contributed by atoms with Gasteiger partial charge in [-0.05, 0) is 48.9 Å². The molecule has 3 aliphatic rings. The van der Waals surface area contributed by atoms with Gasteiger partial charge in [-0.2, -0.15) is 0 Å². The number of rotatable bonds is 1. The first-order valence-electron chi connectivity index (χ1n) is 5.97. The lowest BCUT2D eigenvalue weighted by Gasteiger charge is -2.35. The van der Waals surface area contributed by atoms with Gasteiger partial charge in [0.25, 0.3) is 0 Å². The van der Waals surface area contributed by atoms with Crippen molar-refractivity contribution in [2.75, 3.05) is 6.61 Å². The van der Waals surface area contributed by atoms with E-state index < -0.39 is 0 Å². The summed E-state index contributed by atoms with van der Waals surface area (Å²) in [5, 5.41) is 9.62. The lowest BCUT2D eigenvalue weighted by molar-refractivity contribution is 0.0577. The van der Waals surface area contributed by atoms with E-state index in [2.05, 4.69) is 0 Å². The molecule has 3 saturated carbocycles. The summed E-state index contributed by atoms with van der Waals surface area (Å²) >= 11 is 0. The Bertz CT molecular complexity index is 213. The van der Waals surface area contributed by atoms with Crippen LogP contribution in [0.5, 0.6) is 0 Å². The second kappa shape index (κ2) is 2.73. The summed E-state index contributed by atoms with van der Waals surface area (Å²) in [6.45, 7) is 0.477. The van der Waals surface area contributed by atoms with Crippen molar-refractivity contribution in [1.29, 1.82) is 0 Å². The van der Waals surface area contributed by atoms with Crippen LogP contribution in [0.3, 0.4) is 0 Å². The van der Waals surface area contributed by atoms with Crippen molar-refractivity contribution in [1.82, 2.24) is 0 Å². The molecule has 0 amide bonds. The highest BCUT2D eigenvalue weighted by Crippen LogP contribution is 2.63. The maximum Gasteiger partial charge on any atom is 0.0490 e. The van der Waals surface area contributed by atoms with Gasteiger partial charge in [0.2, 0.25) is 0 Å². The zero-order valence-electron chi connectivity index (χ0n) is 8.34. The summed E-state index contributed by atoms with van der Waals surface area (Å²) in [6, 6.07) is 0. The molecular weight excluding hydrogens is 160 g/mol. The quantitative estimate of drug-likeness (QED) is 0.657. The van der Waals surface area contributed by atoms with Crippen molar-refractivity contribution in [3.8, 4) is 0 Å². The maximum atomic E-state index is 9.62. The van der Waals surface area contributed by atoms with Gasteiger partial charge in [0, 0.05) is 6.61 Å². The third-order valence-corrected chi connectivity index (χ3v) is 5.19. The average molecular weight is 180 g/mol. The van der Waals surface area contributed by atoms with Crippen molar-refractivity contribution in [2.45, 2.75) is 44.9 Å². The van der Waals surface area contributed by atoms with Crippen molar-refractivity contribution in [2.24, 2.45) is 23.2 Å². The molecule has 0 aromatic heterocycles. The summed E-state index contributed by atoms with van der Waals surface area (Å²) in [5.41, 5.74) is 0.393. The van der Waals surface area contributed by atoms with Crippen LogP contribution < -0.4 is 0 Å². The second-order valence-electron chi connectivity index (χ2n) is 5.58. The normalized spacial score (nSPS) is 53.8. The molecule has 1 nitrogen and oxygen atoms in total. The van der Waals surface area contributed by atoms with Gasteiger partial charge in [-0.15, -0.1) is 0 Å². The number of aliphatic hydroxyl groups excluding tert-OH is 1. The minimum atomic E-state index is 0.393. The third-order valence-electron chi connectivity index (χ3n) is 5.19. The third kappa shape index (κ3) is 0.971. The van der Waals surface area contributed by atoms with E-state index in [4.69, 9.17) is 0 Å². The van der Waals surface area contributed by atoms with Gasteiger partial charge in [0.05, 0.1) is 0 Å². The fourth-order valence-electron chi connectivity index (χ4n) is 4.72. The Morgan fingerprint density at radius 2 is 2.08 bits per heavy atom. The predicted octanol–water partition coefficient (Wildman–Crippen LogP) is 2.59. The Hall–Kier alpha value is -0.0400. The lowest BCUT2D eigenvalue weighted by Crippen LogP contribution is -2.31. The number of fused-ring (bicyclic) bond motifs is 5. The molecule has 0 radical (unpaired) electrons. The van der Waals surface area contributed by atoms with Crippen LogP contribution in [0.25, 0.3) is 0 Å². The maximum absolute atomic E-state index is 9.62. The highest BCUT2D eigenvalue weighted by atomic mass is 16.3. The van der Waals surface area contributed by atoms with Crippen LogP contribution in [0.4, 0.5) is 0 Å². The van der Waals surface area contributed by atoms with Gasteiger partial charge in [0.15, 0.2) is 0 Å². The molecule has 74 valence electrons. The van der Waals surface area contributed by atoms with Crippen molar-refractivity contribution >= 4 is 0 Å². The van der Waals surface area contributed by atoms with E-state index in [1.54, 1.807) is 0 Å². The summed E-state index contributed by atoms with van der Waals surface area (Å²) in [4.78, 5) is 0. The Balaban J connectivity index is 1.94. The van der Waals surface area contributed by atoms with Crippen molar-refractivity contribution in [3.05, 3.63) is 0 Å². The topological polar surface area (TPSA) is 20.2 Å². The minimum absolute atomic E-state index is 0.393. The summed E-state index contributed by atoms with van der Waals surface area (Å²) in [5.74, 6) is 2.91. The molecule has 1 heteroatoms. The van der Waals surface area contributed by atoms with Gasteiger partial charge < -0.3 is 5.11 Å². The van der Waals surface area contributed by atoms with Crippen LogP contribution in [0.1, 0.15) is 44.9 Å². The standard InChI is InChI=1S/C12H20O/c13-8-12-6-2-3-9(7-12)10-4-1-5-11(10)12/h9-11,13H,1-8H2. The molecule has 0 aromatic carbocycles. The fraction of sp³-hybridized carbons (Fsp3) is 1.00. The van der Waals surface area contributed by atoms with Gasteiger partial charge >= 0.3 is 0 Å². The molecule has 13 heavy (non-hydrogen) atoms. The monoisotopic (exact) mass is 180 g/mol. The van der Waals surface area contributed by atoms with E-state index in [1.807, 2.05) is 0 Å². The first-order valence-corrected chi connectivity index (χ1v) is 5.97. The SMILES string of the molecule is OCC12CCCC(C1)C1CCCC12. The first kappa shape index (κ1) is 8.28. The van der Waals surface area contributed by atoms with Crippen LogP contribution in [-0.2, 0) is 0 Å². The molecule has 0 aliphatic heterocycles. The molecule has 4 atom stereocenters. The summed E-state index contributed by atoms with van der Waals surface area (Å²) < 4.78 is 0. The lowest BCUT2D eigenvalue weighted by atomic mass is 9.71. The van der Waals surface area contributed by atoms with E-state index in [9.17, 15) is 5.11 Å². The molecule has 4 unspecified atom stereocenters. The Labute approximate surface area is 80.5 Å². The molecule has 3 fully saturated rings. The van der Waals surface area contributed by atoms with E-state index in [-0.39, 0.29) is 0 Å². The van der Waals surface area contributed by atoms with E-state index in [0.29, 0.717) is 12.0 Å². The smallest absolute Gasteiger partial charge is 0.0490 e. The largest absolute Gasteiger partial charge is 0.396 e. The molecule has 0 heterocycles. The summed E-state index contributed by atoms with van der Waals surface area (Å²) in [7, 11) is 0. The van der Waals surface area contributed by atoms with E-state index in [0.717, 1.165) is 17.8 Å². The second-order valence-corrected chi connectivity index (χ2v) is 5.58. The van der Waals surface area contributed by atoms with Crippen LogP contribution in [0.15, 0.2) is 0 Å². The highest BCUT2D eigenvalue weighted by Gasteiger charge is 2.55. The van der Waals surface area contributed by atoms with E-state index in [1.165, 1.54) is 44.9 Å². The van der Waals surface area contributed by atoms with Gasteiger partial charge in [-0.25, -0.2) is 0 Å². The van der Waals surface area contributed by atoms with Crippen molar-refractivity contribution < 1.29 is 5.11 Å². The van der Waals surface area contributed by atoms with Gasteiger partial charge in [-0.1, -0.05) is 19.3 Å². The average Bonchev–Trinajstić information content (AvgIpc) is 2.72. The molecule has 0 spiro atoms. The molecule has 3 aliphatic carbocycles. The Morgan fingerprint density at radius 1 is 1.15 bits per heavy atom. The molecule has 0 saturated heterocycles. The Kier molecular flexibility index (Phi) is 1.74. The number of hydrogen-bond acceptors (Lipinski definition) is 1. The molecule has 3 rings (SSSR count). The fourth-order valence-corrected chi connectivity index (χ4v) is 4.72. The molecule has 1 N–H and O–H groups in total. The zero-order chi connectivity index (χ0) is 8.89. The summed E-state index contributed by atoms with van der Waals surface area (Å²) in [6.07, 6.45) is 9.85. The predicted molar refractivity (Wildman–Crippen MR) is 52.3 cm³/mol. The molecule has 0 aromatic rings. The van der Waals surface area contributed by atoms with Gasteiger partial charge in [0.1, 0.15) is 0 Å². The number of aliphatic hydroxyl groups is 1. The highest BCUT2D eigenvalue weighted by molar-refractivity contribution is 5.05. The molecule has 2 bridgehead atoms. The minimum Gasteiger partial charge on any atom is -0.396 e. The zero-order valence-corrected chi connectivity index (χ0v) is 8.34. The first-order chi connectivity index (χ1) is 6.36.